The Bertz CT molecular complexity index is 142. The summed E-state index contributed by atoms with van der Waals surface area (Å²) in [6.45, 7) is 2.18. The van der Waals surface area contributed by atoms with Crippen molar-refractivity contribution in [2.24, 2.45) is 0 Å². The monoisotopic (exact) mass is 172 g/mol. The first-order valence-corrected chi connectivity index (χ1v) is 5.43. The molecule has 0 aromatic heterocycles. The molecule has 0 aromatic carbocycles. The van der Waals surface area contributed by atoms with Crippen LogP contribution in [0.5, 0.6) is 0 Å². The SMILES string of the molecule is CCSCCC1=CC(O)CC1. The molecule has 0 saturated carbocycles. The van der Waals surface area contributed by atoms with Crippen LogP contribution in [-0.4, -0.2) is 22.7 Å². The van der Waals surface area contributed by atoms with E-state index in [1.54, 1.807) is 0 Å². The molecule has 0 heterocycles. The Hall–Kier alpha value is 0.0500. The minimum absolute atomic E-state index is 0.142. The Kier molecular flexibility index (Phi) is 4.02. The Morgan fingerprint density at radius 1 is 1.73 bits per heavy atom. The fraction of sp³-hybridized carbons (Fsp3) is 0.778. The van der Waals surface area contributed by atoms with Gasteiger partial charge in [-0.2, -0.15) is 11.8 Å². The first kappa shape index (κ1) is 9.14. The van der Waals surface area contributed by atoms with Gasteiger partial charge in [0.1, 0.15) is 0 Å². The predicted octanol–water partition coefficient (Wildman–Crippen LogP) is 2.21. The molecule has 64 valence electrons. The molecule has 1 N–H and O–H groups in total. The molecular formula is C9H16OS. The van der Waals surface area contributed by atoms with Crippen molar-refractivity contribution in [1.29, 1.82) is 0 Å². The molecule has 0 amide bonds. The molecule has 1 rings (SSSR count). The second-order valence-electron chi connectivity index (χ2n) is 2.88. The van der Waals surface area contributed by atoms with E-state index in [4.69, 9.17) is 0 Å². The highest BCUT2D eigenvalue weighted by molar-refractivity contribution is 7.99. The number of thioether (sulfide) groups is 1. The van der Waals surface area contributed by atoms with Crippen molar-refractivity contribution in [3.63, 3.8) is 0 Å². The zero-order valence-corrected chi connectivity index (χ0v) is 7.86. The van der Waals surface area contributed by atoms with Crippen molar-refractivity contribution < 1.29 is 5.11 Å². The van der Waals surface area contributed by atoms with E-state index in [1.807, 2.05) is 17.8 Å². The van der Waals surface area contributed by atoms with Gasteiger partial charge < -0.3 is 5.11 Å². The van der Waals surface area contributed by atoms with E-state index < -0.39 is 0 Å². The minimum Gasteiger partial charge on any atom is -0.389 e. The summed E-state index contributed by atoms with van der Waals surface area (Å²) >= 11 is 1.97. The van der Waals surface area contributed by atoms with Gasteiger partial charge in [-0.25, -0.2) is 0 Å². The third-order valence-corrected chi connectivity index (χ3v) is 2.86. The summed E-state index contributed by atoms with van der Waals surface area (Å²) in [5.41, 5.74) is 1.46. The zero-order chi connectivity index (χ0) is 8.10. The molecule has 11 heavy (non-hydrogen) atoms. The number of aliphatic hydroxyl groups excluding tert-OH is 1. The largest absolute Gasteiger partial charge is 0.389 e. The average Bonchev–Trinajstić information content (AvgIpc) is 2.37. The molecule has 1 atom stereocenters. The molecule has 0 aromatic rings. The van der Waals surface area contributed by atoms with E-state index in [-0.39, 0.29) is 6.10 Å². The van der Waals surface area contributed by atoms with Crippen LogP contribution in [0.3, 0.4) is 0 Å². The summed E-state index contributed by atoms with van der Waals surface area (Å²) in [6, 6.07) is 0. The molecule has 1 nitrogen and oxygen atoms in total. The van der Waals surface area contributed by atoms with Gasteiger partial charge in [-0.15, -0.1) is 0 Å². The van der Waals surface area contributed by atoms with E-state index in [0.29, 0.717) is 0 Å². The first-order valence-electron chi connectivity index (χ1n) is 4.28. The standard InChI is InChI=1S/C9H16OS/c1-2-11-6-5-8-3-4-9(10)7-8/h7,9-10H,2-6H2,1H3. The van der Waals surface area contributed by atoms with Gasteiger partial charge in [0.05, 0.1) is 6.10 Å². The molecular weight excluding hydrogens is 156 g/mol. The predicted molar refractivity (Wildman–Crippen MR) is 50.9 cm³/mol. The summed E-state index contributed by atoms with van der Waals surface area (Å²) < 4.78 is 0. The van der Waals surface area contributed by atoms with E-state index in [0.717, 1.165) is 12.8 Å². The number of allylic oxidation sites excluding steroid dienone is 1. The van der Waals surface area contributed by atoms with Gasteiger partial charge in [0, 0.05) is 0 Å². The second kappa shape index (κ2) is 4.83. The lowest BCUT2D eigenvalue weighted by Crippen LogP contribution is -1.93. The maximum atomic E-state index is 9.17. The maximum absolute atomic E-state index is 9.17. The lowest BCUT2D eigenvalue weighted by Gasteiger charge is -1.98. The number of hydrogen-bond acceptors (Lipinski definition) is 2. The van der Waals surface area contributed by atoms with Crippen LogP contribution in [-0.2, 0) is 0 Å². The number of rotatable bonds is 4. The van der Waals surface area contributed by atoms with Crippen molar-refractivity contribution >= 4 is 11.8 Å². The molecule has 1 aliphatic rings. The Balaban J connectivity index is 2.12. The maximum Gasteiger partial charge on any atom is 0.0726 e. The summed E-state index contributed by atoms with van der Waals surface area (Å²) in [6.07, 6.45) is 5.13. The van der Waals surface area contributed by atoms with Crippen molar-refractivity contribution in [2.75, 3.05) is 11.5 Å². The minimum atomic E-state index is -0.142. The number of hydrogen-bond donors (Lipinski definition) is 1. The van der Waals surface area contributed by atoms with Crippen LogP contribution in [0.4, 0.5) is 0 Å². The molecule has 1 unspecified atom stereocenters. The quantitative estimate of drug-likeness (QED) is 0.518. The van der Waals surface area contributed by atoms with Crippen LogP contribution < -0.4 is 0 Å². The van der Waals surface area contributed by atoms with E-state index in [9.17, 15) is 5.11 Å². The van der Waals surface area contributed by atoms with Gasteiger partial charge in [0.25, 0.3) is 0 Å². The number of aliphatic hydroxyl groups is 1. The normalized spacial score (nSPS) is 23.8. The fourth-order valence-corrected chi connectivity index (χ4v) is 2.02. The van der Waals surface area contributed by atoms with Crippen LogP contribution in [0.15, 0.2) is 11.6 Å². The van der Waals surface area contributed by atoms with Crippen LogP contribution in [0.2, 0.25) is 0 Å². The molecule has 0 radical (unpaired) electrons. The summed E-state index contributed by atoms with van der Waals surface area (Å²) in [4.78, 5) is 0. The molecule has 0 saturated heterocycles. The van der Waals surface area contributed by atoms with Crippen LogP contribution >= 0.6 is 11.8 Å². The van der Waals surface area contributed by atoms with Gasteiger partial charge in [-0.1, -0.05) is 18.6 Å². The lowest BCUT2D eigenvalue weighted by atomic mass is 10.2. The summed E-state index contributed by atoms with van der Waals surface area (Å²) in [5.74, 6) is 2.42. The fourth-order valence-electron chi connectivity index (χ4n) is 1.33. The Morgan fingerprint density at radius 2 is 2.55 bits per heavy atom. The average molecular weight is 172 g/mol. The van der Waals surface area contributed by atoms with Crippen LogP contribution in [0.1, 0.15) is 26.2 Å². The highest BCUT2D eigenvalue weighted by atomic mass is 32.2. The Morgan fingerprint density at radius 3 is 3.09 bits per heavy atom. The Labute approximate surface area is 72.9 Å². The van der Waals surface area contributed by atoms with Gasteiger partial charge in [0.15, 0.2) is 0 Å². The molecule has 0 spiro atoms. The van der Waals surface area contributed by atoms with E-state index in [2.05, 4.69) is 6.92 Å². The van der Waals surface area contributed by atoms with Gasteiger partial charge in [0.2, 0.25) is 0 Å². The van der Waals surface area contributed by atoms with Crippen molar-refractivity contribution in [2.45, 2.75) is 32.3 Å². The van der Waals surface area contributed by atoms with Crippen molar-refractivity contribution in [3.05, 3.63) is 11.6 Å². The first-order chi connectivity index (χ1) is 5.33. The van der Waals surface area contributed by atoms with Crippen LogP contribution in [0, 0.1) is 0 Å². The summed E-state index contributed by atoms with van der Waals surface area (Å²) in [5, 5.41) is 9.17. The smallest absolute Gasteiger partial charge is 0.0726 e. The molecule has 0 bridgehead atoms. The van der Waals surface area contributed by atoms with Crippen molar-refractivity contribution in [1.82, 2.24) is 0 Å². The van der Waals surface area contributed by atoms with E-state index >= 15 is 0 Å². The topological polar surface area (TPSA) is 20.2 Å². The van der Waals surface area contributed by atoms with Gasteiger partial charge in [-0.3, -0.25) is 0 Å². The van der Waals surface area contributed by atoms with Gasteiger partial charge in [-0.05, 0) is 30.8 Å². The molecule has 1 aliphatic carbocycles. The third kappa shape index (κ3) is 3.30. The second-order valence-corrected chi connectivity index (χ2v) is 4.27. The molecule has 0 fully saturated rings. The zero-order valence-electron chi connectivity index (χ0n) is 7.05. The summed E-state index contributed by atoms with van der Waals surface area (Å²) in [7, 11) is 0. The molecule has 2 heteroatoms. The third-order valence-electron chi connectivity index (χ3n) is 1.96. The molecule has 0 aliphatic heterocycles. The highest BCUT2D eigenvalue weighted by Crippen LogP contribution is 2.22. The van der Waals surface area contributed by atoms with Crippen molar-refractivity contribution in [3.8, 4) is 0 Å². The van der Waals surface area contributed by atoms with E-state index in [1.165, 1.54) is 23.5 Å². The van der Waals surface area contributed by atoms with Crippen LogP contribution in [0.25, 0.3) is 0 Å². The highest BCUT2D eigenvalue weighted by Gasteiger charge is 2.11. The lowest BCUT2D eigenvalue weighted by molar-refractivity contribution is 0.223. The van der Waals surface area contributed by atoms with Gasteiger partial charge >= 0.3 is 0 Å².